The smallest absolute Gasteiger partial charge is 0.273 e. The largest absolute Gasteiger partial charge is 0.381 e. The molecule has 112 valence electrons. The second-order valence-corrected chi connectivity index (χ2v) is 6.50. The minimum Gasteiger partial charge on any atom is -0.381 e. The zero-order chi connectivity index (χ0) is 14.8. The van der Waals surface area contributed by atoms with Crippen molar-refractivity contribution in [3.05, 3.63) is 17.5 Å². The summed E-state index contributed by atoms with van der Waals surface area (Å²) in [6.07, 6.45) is 3.61. The molecule has 1 aliphatic rings. The summed E-state index contributed by atoms with van der Waals surface area (Å²) in [4.78, 5) is 12.1. The van der Waals surface area contributed by atoms with E-state index in [1.54, 1.807) is 13.2 Å². The van der Waals surface area contributed by atoms with E-state index in [0.717, 1.165) is 25.0 Å². The van der Waals surface area contributed by atoms with Crippen molar-refractivity contribution in [3.63, 3.8) is 0 Å². The number of nitrogens with zero attached hydrogens (tertiary/aromatic N) is 1. The molecule has 2 rings (SSSR count). The van der Waals surface area contributed by atoms with Gasteiger partial charge in [-0.05, 0) is 12.8 Å². The molecular weight excluding hydrogens is 256 g/mol. The van der Waals surface area contributed by atoms with Crippen LogP contribution >= 0.6 is 0 Å². The van der Waals surface area contributed by atoms with Gasteiger partial charge in [0, 0.05) is 31.1 Å². The molecule has 0 unspecified atom stereocenters. The maximum atomic E-state index is 12.1. The second kappa shape index (κ2) is 5.95. The Morgan fingerprint density at radius 2 is 2.25 bits per heavy atom. The van der Waals surface area contributed by atoms with Crippen LogP contribution in [0.3, 0.4) is 0 Å². The lowest BCUT2D eigenvalue weighted by Gasteiger charge is -2.18. The molecule has 5 nitrogen and oxygen atoms in total. The van der Waals surface area contributed by atoms with Crippen molar-refractivity contribution < 1.29 is 14.1 Å². The first kappa shape index (κ1) is 15.0. The average Bonchev–Trinajstić information content (AvgIpc) is 3.03. The van der Waals surface area contributed by atoms with Crippen molar-refractivity contribution in [2.45, 2.75) is 51.6 Å². The third-order valence-corrected chi connectivity index (χ3v) is 3.90. The normalized spacial score (nSPS) is 23.0. The van der Waals surface area contributed by atoms with Gasteiger partial charge < -0.3 is 14.6 Å². The maximum Gasteiger partial charge on any atom is 0.273 e. The van der Waals surface area contributed by atoms with Crippen LogP contribution in [0.25, 0.3) is 0 Å². The highest BCUT2D eigenvalue weighted by Crippen LogP contribution is 2.27. The summed E-state index contributed by atoms with van der Waals surface area (Å²) in [6, 6.07) is 1.72. The molecule has 0 saturated heterocycles. The van der Waals surface area contributed by atoms with Crippen molar-refractivity contribution in [3.8, 4) is 0 Å². The van der Waals surface area contributed by atoms with Crippen LogP contribution in [-0.2, 0) is 10.2 Å². The zero-order valence-corrected chi connectivity index (χ0v) is 12.7. The van der Waals surface area contributed by atoms with Gasteiger partial charge in [0.25, 0.3) is 5.91 Å². The van der Waals surface area contributed by atoms with E-state index < -0.39 is 0 Å². The number of methoxy groups -OCH3 is 1. The van der Waals surface area contributed by atoms with Crippen molar-refractivity contribution in [1.29, 1.82) is 0 Å². The van der Waals surface area contributed by atoms with E-state index in [4.69, 9.17) is 9.26 Å². The van der Waals surface area contributed by atoms with Crippen molar-refractivity contribution in [1.82, 2.24) is 10.5 Å². The van der Waals surface area contributed by atoms with Gasteiger partial charge in [-0.25, -0.2) is 0 Å². The summed E-state index contributed by atoms with van der Waals surface area (Å²) in [5.41, 5.74) is 0.208. The van der Waals surface area contributed by atoms with Crippen molar-refractivity contribution in [2.24, 2.45) is 5.92 Å². The highest BCUT2D eigenvalue weighted by atomic mass is 16.5. The predicted octanol–water partition coefficient (Wildman–Crippen LogP) is 2.52. The molecule has 0 aromatic carbocycles. The fourth-order valence-corrected chi connectivity index (χ4v) is 2.60. The van der Waals surface area contributed by atoms with E-state index in [-0.39, 0.29) is 17.4 Å². The van der Waals surface area contributed by atoms with E-state index in [2.05, 4.69) is 10.5 Å². The van der Waals surface area contributed by atoms with Crippen LogP contribution < -0.4 is 5.32 Å². The highest BCUT2D eigenvalue weighted by Gasteiger charge is 2.28. The van der Waals surface area contributed by atoms with Crippen LogP contribution in [0.2, 0.25) is 0 Å². The summed E-state index contributed by atoms with van der Waals surface area (Å²) in [6.45, 7) is 6.71. The number of nitrogens with one attached hydrogen (secondary N) is 1. The van der Waals surface area contributed by atoms with E-state index in [1.165, 1.54) is 0 Å². The first-order valence-electron chi connectivity index (χ1n) is 7.20. The van der Waals surface area contributed by atoms with Crippen LogP contribution in [-0.4, -0.2) is 30.8 Å². The summed E-state index contributed by atoms with van der Waals surface area (Å²) in [7, 11) is 1.73. The summed E-state index contributed by atoms with van der Waals surface area (Å²) >= 11 is 0. The number of hydrogen-bond acceptors (Lipinski definition) is 4. The van der Waals surface area contributed by atoms with Gasteiger partial charge in [0.05, 0.1) is 6.10 Å². The molecule has 1 heterocycles. The molecule has 2 atom stereocenters. The number of hydrogen-bond donors (Lipinski definition) is 1. The van der Waals surface area contributed by atoms with E-state index in [9.17, 15) is 4.79 Å². The van der Waals surface area contributed by atoms with E-state index in [1.807, 2.05) is 20.8 Å². The average molecular weight is 280 g/mol. The molecule has 0 aliphatic heterocycles. The summed E-state index contributed by atoms with van der Waals surface area (Å²) in [5, 5.41) is 6.78. The number of rotatable bonds is 4. The van der Waals surface area contributed by atoms with Crippen LogP contribution in [0.5, 0.6) is 0 Å². The van der Waals surface area contributed by atoms with Gasteiger partial charge in [-0.2, -0.15) is 0 Å². The molecule has 20 heavy (non-hydrogen) atoms. The lowest BCUT2D eigenvalue weighted by Crippen LogP contribution is -2.33. The molecule has 1 fully saturated rings. The highest BCUT2D eigenvalue weighted by molar-refractivity contribution is 5.92. The zero-order valence-electron chi connectivity index (χ0n) is 12.7. The van der Waals surface area contributed by atoms with Crippen LogP contribution in [0.15, 0.2) is 10.6 Å². The fourth-order valence-electron chi connectivity index (χ4n) is 2.60. The quantitative estimate of drug-likeness (QED) is 0.920. The van der Waals surface area contributed by atoms with Gasteiger partial charge in [0.2, 0.25) is 0 Å². The molecule has 1 aliphatic carbocycles. The SMILES string of the molecule is CO[C@H]1CCC[C@H]1CNC(=O)c1cc(C(C)(C)C)on1. The number of carbonyl (C=O) groups is 1. The third-order valence-electron chi connectivity index (χ3n) is 3.90. The van der Waals surface area contributed by atoms with Gasteiger partial charge in [-0.3, -0.25) is 4.79 Å². The number of carbonyl (C=O) groups excluding carboxylic acids is 1. The third kappa shape index (κ3) is 3.39. The van der Waals surface area contributed by atoms with Crippen LogP contribution in [0, 0.1) is 5.92 Å². The van der Waals surface area contributed by atoms with Gasteiger partial charge in [-0.1, -0.05) is 32.3 Å². The summed E-state index contributed by atoms with van der Waals surface area (Å²) < 4.78 is 10.7. The lowest BCUT2D eigenvalue weighted by atomic mass is 9.93. The standard InChI is InChI=1S/C15H24N2O3/c1-15(2,3)13-8-11(17-20-13)14(18)16-9-10-6-5-7-12(10)19-4/h8,10,12H,5-7,9H2,1-4H3,(H,16,18)/t10-,12-/m0/s1. The lowest BCUT2D eigenvalue weighted by molar-refractivity contribution is 0.0682. The number of amides is 1. The Hall–Kier alpha value is -1.36. The Kier molecular flexibility index (Phi) is 4.48. The van der Waals surface area contributed by atoms with Gasteiger partial charge >= 0.3 is 0 Å². The first-order chi connectivity index (χ1) is 9.41. The molecule has 1 N–H and O–H groups in total. The van der Waals surface area contributed by atoms with E-state index in [0.29, 0.717) is 18.2 Å². The molecule has 0 radical (unpaired) electrons. The Labute approximate surface area is 120 Å². The Bertz CT molecular complexity index is 462. The molecule has 1 amide bonds. The molecule has 1 aromatic rings. The molecular formula is C15H24N2O3. The second-order valence-electron chi connectivity index (χ2n) is 6.50. The molecule has 5 heteroatoms. The van der Waals surface area contributed by atoms with Gasteiger partial charge in [0.15, 0.2) is 5.69 Å². The maximum absolute atomic E-state index is 12.1. The predicted molar refractivity (Wildman–Crippen MR) is 75.7 cm³/mol. The van der Waals surface area contributed by atoms with Gasteiger partial charge in [0.1, 0.15) is 5.76 Å². The molecule has 0 bridgehead atoms. The Morgan fingerprint density at radius 3 is 2.85 bits per heavy atom. The first-order valence-corrected chi connectivity index (χ1v) is 7.20. The van der Waals surface area contributed by atoms with Crippen LogP contribution in [0.1, 0.15) is 56.3 Å². The molecule has 1 saturated carbocycles. The minimum absolute atomic E-state index is 0.141. The number of aromatic nitrogens is 1. The molecule has 1 aromatic heterocycles. The molecule has 0 spiro atoms. The van der Waals surface area contributed by atoms with E-state index >= 15 is 0 Å². The van der Waals surface area contributed by atoms with Crippen molar-refractivity contribution >= 4 is 5.91 Å². The van der Waals surface area contributed by atoms with Gasteiger partial charge in [-0.15, -0.1) is 0 Å². The number of ether oxygens (including phenoxy) is 1. The monoisotopic (exact) mass is 280 g/mol. The minimum atomic E-state index is -0.175. The Balaban J connectivity index is 1.90. The summed E-state index contributed by atoms with van der Waals surface area (Å²) in [5.74, 6) is 0.947. The van der Waals surface area contributed by atoms with Crippen molar-refractivity contribution in [2.75, 3.05) is 13.7 Å². The Morgan fingerprint density at radius 1 is 1.50 bits per heavy atom. The topological polar surface area (TPSA) is 64.4 Å². The van der Waals surface area contributed by atoms with Crippen LogP contribution in [0.4, 0.5) is 0 Å². The fraction of sp³-hybridized carbons (Fsp3) is 0.733.